The molecule has 1 aromatic rings. The standard InChI is InChI=1S/C8H10BrNO3S/c1-3-14(11,12)13-7-4-6(2)10-8(9)5-7/h4-5H,3H2,1-2H3. The Morgan fingerprint density at radius 3 is 2.64 bits per heavy atom. The molecule has 0 spiro atoms. The predicted molar refractivity (Wildman–Crippen MR) is 56.8 cm³/mol. The van der Waals surface area contributed by atoms with E-state index in [1.54, 1.807) is 13.0 Å². The normalized spacial score (nSPS) is 11.4. The summed E-state index contributed by atoms with van der Waals surface area (Å²) in [6.45, 7) is 3.29. The minimum atomic E-state index is -3.45. The number of pyridine rings is 1. The first kappa shape index (κ1) is 11.5. The first-order valence-corrected chi connectivity index (χ1v) is 6.36. The molecule has 0 fully saturated rings. The van der Waals surface area contributed by atoms with Crippen LogP contribution >= 0.6 is 15.9 Å². The minimum absolute atomic E-state index is 0.0496. The first-order valence-electron chi connectivity index (χ1n) is 3.99. The third-order valence-electron chi connectivity index (χ3n) is 1.47. The summed E-state index contributed by atoms with van der Waals surface area (Å²) in [6, 6.07) is 3.08. The van der Waals surface area contributed by atoms with E-state index in [4.69, 9.17) is 4.18 Å². The number of hydrogen-bond donors (Lipinski definition) is 0. The van der Waals surface area contributed by atoms with Crippen molar-refractivity contribution in [3.05, 3.63) is 22.4 Å². The zero-order valence-electron chi connectivity index (χ0n) is 7.82. The predicted octanol–water partition coefficient (Wildman–Crippen LogP) is 1.88. The molecular weight excluding hydrogens is 270 g/mol. The van der Waals surface area contributed by atoms with Crippen molar-refractivity contribution in [1.29, 1.82) is 0 Å². The summed E-state index contributed by atoms with van der Waals surface area (Å²) < 4.78 is 27.6. The van der Waals surface area contributed by atoms with E-state index >= 15 is 0 Å². The van der Waals surface area contributed by atoms with Crippen LogP contribution in [-0.2, 0) is 10.1 Å². The highest BCUT2D eigenvalue weighted by molar-refractivity contribution is 9.10. The fraction of sp³-hybridized carbons (Fsp3) is 0.375. The largest absolute Gasteiger partial charge is 0.382 e. The van der Waals surface area contributed by atoms with Gasteiger partial charge in [0.25, 0.3) is 0 Å². The fourth-order valence-electron chi connectivity index (χ4n) is 0.852. The van der Waals surface area contributed by atoms with Gasteiger partial charge < -0.3 is 4.18 Å². The van der Waals surface area contributed by atoms with Crippen LogP contribution < -0.4 is 4.18 Å². The first-order chi connectivity index (χ1) is 6.43. The monoisotopic (exact) mass is 279 g/mol. The number of nitrogens with zero attached hydrogens (tertiary/aromatic N) is 1. The van der Waals surface area contributed by atoms with Gasteiger partial charge in [0.15, 0.2) is 0 Å². The molecule has 1 aromatic heterocycles. The third kappa shape index (κ3) is 3.26. The lowest BCUT2D eigenvalue weighted by atomic mass is 10.4. The van der Waals surface area contributed by atoms with Gasteiger partial charge in [0.2, 0.25) is 0 Å². The van der Waals surface area contributed by atoms with Crippen molar-refractivity contribution in [3.8, 4) is 5.75 Å². The summed E-state index contributed by atoms with van der Waals surface area (Å²) in [5.74, 6) is 0.234. The molecule has 0 atom stereocenters. The van der Waals surface area contributed by atoms with Gasteiger partial charge in [0, 0.05) is 17.8 Å². The highest BCUT2D eigenvalue weighted by Crippen LogP contribution is 2.19. The molecule has 0 bridgehead atoms. The van der Waals surface area contributed by atoms with Crippen molar-refractivity contribution in [3.63, 3.8) is 0 Å². The molecule has 0 saturated carbocycles. The third-order valence-corrected chi connectivity index (χ3v) is 3.03. The quantitative estimate of drug-likeness (QED) is 0.626. The summed E-state index contributed by atoms with van der Waals surface area (Å²) in [5.41, 5.74) is 0.695. The number of aromatic nitrogens is 1. The lowest BCUT2D eigenvalue weighted by Gasteiger charge is -2.05. The maximum absolute atomic E-state index is 11.1. The summed E-state index contributed by atoms with van der Waals surface area (Å²) >= 11 is 3.16. The molecule has 0 radical (unpaired) electrons. The van der Waals surface area contributed by atoms with Gasteiger partial charge in [-0.25, -0.2) is 4.98 Å². The van der Waals surface area contributed by atoms with E-state index in [1.807, 2.05) is 0 Å². The molecule has 4 nitrogen and oxygen atoms in total. The highest BCUT2D eigenvalue weighted by Gasteiger charge is 2.10. The Morgan fingerprint density at radius 2 is 2.14 bits per heavy atom. The topological polar surface area (TPSA) is 56.3 Å². The minimum Gasteiger partial charge on any atom is -0.382 e. The van der Waals surface area contributed by atoms with Crippen molar-refractivity contribution in [1.82, 2.24) is 4.98 Å². The number of hydrogen-bond acceptors (Lipinski definition) is 4. The fourth-order valence-corrected chi connectivity index (χ4v) is 1.86. The average Bonchev–Trinajstić information content (AvgIpc) is 2.01. The molecule has 78 valence electrons. The lowest BCUT2D eigenvalue weighted by Crippen LogP contribution is -2.11. The van der Waals surface area contributed by atoms with Crippen LogP contribution in [-0.4, -0.2) is 19.2 Å². The molecule has 0 N–H and O–H groups in total. The second-order valence-electron chi connectivity index (χ2n) is 2.70. The Bertz CT molecular complexity index is 410. The molecule has 14 heavy (non-hydrogen) atoms. The number of aryl methyl sites for hydroxylation is 1. The van der Waals surface area contributed by atoms with Crippen LogP contribution in [0.4, 0.5) is 0 Å². The van der Waals surface area contributed by atoms with E-state index in [-0.39, 0.29) is 11.5 Å². The van der Waals surface area contributed by atoms with Crippen LogP contribution in [0.5, 0.6) is 5.75 Å². The molecule has 1 rings (SSSR count). The molecule has 0 unspecified atom stereocenters. The second kappa shape index (κ2) is 4.27. The smallest absolute Gasteiger partial charge is 0.308 e. The van der Waals surface area contributed by atoms with Crippen LogP contribution in [0.3, 0.4) is 0 Å². The van der Waals surface area contributed by atoms with E-state index < -0.39 is 10.1 Å². The van der Waals surface area contributed by atoms with Crippen LogP contribution in [0.25, 0.3) is 0 Å². The summed E-state index contributed by atoms with van der Waals surface area (Å²) in [6.07, 6.45) is 0. The van der Waals surface area contributed by atoms with E-state index in [0.29, 0.717) is 10.3 Å². The molecule has 0 aromatic carbocycles. The van der Waals surface area contributed by atoms with Crippen molar-refractivity contribution < 1.29 is 12.6 Å². The zero-order chi connectivity index (χ0) is 10.8. The molecule has 0 amide bonds. The zero-order valence-corrected chi connectivity index (χ0v) is 10.2. The van der Waals surface area contributed by atoms with E-state index in [9.17, 15) is 8.42 Å². The van der Waals surface area contributed by atoms with Gasteiger partial charge in [-0.1, -0.05) is 0 Å². The SMILES string of the molecule is CCS(=O)(=O)Oc1cc(C)nc(Br)c1. The van der Waals surface area contributed by atoms with Crippen LogP contribution in [0.2, 0.25) is 0 Å². The van der Waals surface area contributed by atoms with Crippen LogP contribution in [0.15, 0.2) is 16.7 Å². The lowest BCUT2D eigenvalue weighted by molar-refractivity contribution is 0.486. The molecule has 0 saturated heterocycles. The van der Waals surface area contributed by atoms with Gasteiger partial charge in [-0.3, -0.25) is 0 Å². The highest BCUT2D eigenvalue weighted by atomic mass is 79.9. The molecule has 6 heteroatoms. The van der Waals surface area contributed by atoms with Gasteiger partial charge in [-0.15, -0.1) is 0 Å². The Morgan fingerprint density at radius 1 is 1.50 bits per heavy atom. The van der Waals surface area contributed by atoms with Gasteiger partial charge in [-0.2, -0.15) is 8.42 Å². The molecule has 0 aliphatic heterocycles. The van der Waals surface area contributed by atoms with Crippen molar-refractivity contribution >= 4 is 26.0 Å². The maximum atomic E-state index is 11.1. The molecular formula is C8H10BrNO3S. The molecule has 0 aliphatic carbocycles. The Kier molecular flexibility index (Phi) is 3.49. The summed E-state index contributed by atoms with van der Waals surface area (Å²) in [5, 5.41) is 0. The number of halogens is 1. The summed E-state index contributed by atoms with van der Waals surface area (Å²) in [7, 11) is -3.45. The van der Waals surface area contributed by atoms with Gasteiger partial charge in [0.05, 0.1) is 5.75 Å². The average molecular weight is 280 g/mol. The van der Waals surface area contributed by atoms with Gasteiger partial charge >= 0.3 is 10.1 Å². The van der Waals surface area contributed by atoms with Crippen LogP contribution in [0, 0.1) is 6.92 Å². The van der Waals surface area contributed by atoms with Crippen molar-refractivity contribution in [2.24, 2.45) is 0 Å². The maximum Gasteiger partial charge on any atom is 0.308 e. The molecule has 0 aliphatic rings. The van der Waals surface area contributed by atoms with Crippen molar-refractivity contribution in [2.45, 2.75) is 13.8 Å². The van der Waals surface area contributed by atoms with E-state index in [0.717, 1.165) is 0 Å². The Labute approximate surface area is 91.6 Å². The van der Waals surface area contributed by atoms with Gasteiger partial charge in [0.1, 0.15) is 10.4 Å². The van der Waals surface area contributed by atoms with E-state index in [2.05, 4.69) is 20.9 Å². The van der Waals surface area contributed by atoms with Crippen LogP contribution in [0.1, 0.15) is 12.6 Å². The summed E-state index contributed by atoms with van der Waals surface area (Å²) in [4.78, 5) is 4.03. The Hall–Kier alpha value is -0.620. The number of rotatable bonds is 3. The van der Waals surface area contributed by atoms with Gasteiger partial charge in [-0.05, 0) is 29.8 Å². The van der Waals surface area contributed by atoms with Crippen molar-refractivity contribution in [2.75, 3.05) is 5.75 Å². The van der Waals surface area contributed by atoms with E-state index in [1.165, 1.54) is 13.0 Å². The second-order valence-corrected chi connectivity index (χ2v) is 5.37. The molecule has 1 heterocycles. The Balaban J connectivity index is 2.98.